The summed E-state index contributed by atoms with van der Waals surface area (Å²) in [6, 6.07) is 18.7. The van der Waals surface area contributed by atoms with E-state index in [4.69, 9.17) is 5.73 Å². The summed E-state index contributed by atoms with van der Waals surface area (Å²) < 4.78 is 0. The van der Waals surface area contributed by atoms with E-state index in [1.54, 1.807) is 0 Å². The molecule has 6 heteroatoms. The number of carbonyl (C=O) groups is 1. The first-order chi connectivity index (χ1) is 14.2. The van der Waals surface area contributed by atoms with Crippen molar-refractivity contribution in [2.75, 3.05) is 24.1 Å². The van der Waals surface area contributed by atoms with Crippen molar-refractivity contribution in [2.45, 2.75) is 25.3 Å². The van der Waals surface area contributed by atoms with Crippen molar-refractivity contribution in [3.8, 4) is 0 Å². The number of carbonyl (C=O) groups excluding carboxylic acids is 1. The van der Waals surface area contributed by atoms with Gasteiger partial charge in [-0.25, -0.2) is 4.98 Å². The van der Waals surface area contributed by atoms with Crippen LogP contribution in [0.3, 0.4) is 0 Å². The third-order valence-electron chi connectivity index (χ3n) is 5.34. The molecule has 0 unspecified atom stereocenters. The Morgan fingerprint density at radius 1 is 1.07 bits per heavy atom. The number of amides is 1. The molecular formula is C23H25N5O. The van der Waals surface area contributed by atoms with Crippen LogP contribution >= 0.6 is 0 Å². The number of hydrogen-bond acceptors (Lipinski definition) is 5. The van der Waals surface area contributed by atoms with Gasteiger partial charge in [0.1, 0.15) is 11.5 Å². The zero-order valence-corrected chi connectivity index (χ0v) is 16.3. The van der Waals surface area contributed by atoms with Crippen LogP contribution in [0, 0.1) is 0 Å². The predicted molar refractivity (Wildman–Crippen MR) is 115 cm³/mol. The number of nitrogens with two attached hydrogens (primary N) is 1. The Bertz CT molecular complexity index is 968. The van der Waals surface area contributed by atoms with E-state index >= 15 is 0 Å². The van der Waals surface area contributed by atoms with Crippen molar-refractivity contribution >= 4 is 17.4 Å². The molecule has 2 heterocycles. The summed E-state index contributed by atoms with van der Waals surface area (Å²) in [5.74, 6) is 0.430. The standard InChI is InChI=1S/C23H25N5O/c24-22-15-25-14-21(27-22)23(29)26-20-8-4-7-19(13-20)18-9-11-28(12-10-18)16-17-5-2-1-3-6-17/h1-8,13-15,18H,9-12,16H2,(H2,24,27)(H,26,29). The van der Waals surface area contributed by atoms with Gasteiger partial charge in [-0.05, 0) is 55.1 Å². The molecule has 0 aliphatic carbocycles. The second kappa shape index (κ2) is 8.84. The second-order valence-corrected chi connectivity index (χ2v) is 7.44. The minimum atomic E-state index is -0.306. The molecule has 0 saturated carbocycles. The minimum Gasteiger partial charge on any atom is -0.382 e. The fourth-order valence-electron chi connectivity index (χ4n) is 3.82. The normalized spacial score (nSPS) is 15.2. The van der Waals surface area contributed by atoms with Gasteiger partial charge >= 0.3 is 0 Å². The fourth-order valence-corrected chi connectivity index (χ4v) is 3.82. The molecule has 1 fully saturated rings. The smallest absolute Gasteiger partial charge is 0.275 e. The molecule has 3 aromatic rings. The highest BCUT2D eigenvalue weighted by molar-refractivity contribution is 6.02. The van der Waals surface area contributed by atoms with Gasteiger partial charge < -0.3 is 11.1 Å². The van der Waals surface area contributed by atoms with Crippen LogP contribution in [0.1, 0.15) is 40.4 Å². The van der Waals surface area contributed by atoms with Crippen molar-refractivity contribution < 1.29 is 4.79 Å². The molecule has 1 amide bonds. The minimum absolute atomic E-state index is 0.213. The maximum absolute atomic E-state index is 12.4. The highest BCUT2D eigenvalue weighted by Crippen LogP contribution is 2.30. The maximum Gasteiger partial charge on any atom is 0.275 e. The Hall–Kier alpha value is -3.25. The summed E-state index contributed by atoms with van der Waals surface area (Å²) in [4.78, 5) is 22.8. The quantitative estimate of drug-likeness (QED) is 0.697. The summed E-state index contributed by atoms with van der Waals surface area (Å²) in [5, 5.41) is 2.90. The molecule has 2 aromatic carbocycles. The first-order valence-corrected chi connectivity index (χ1v) is 9.92. The van der Waals surface area contributed by atoms with Crippen molar-refractivity contribution in [1.82, 2.24) is 14.9 Å². The molecule has 1 aliphatic rings. The van der Waals surface area contributed by atoms with E-state index in [9.17, 15) is 4.79 Å². The second-order valence-electron chi connectivity index (χ2n) is 7.44. The molecule has 0 bridgehead atoms. The number of nitrogens with one attached hydrogen (secondary N) is 1. The molecule has 1 saturated heterocycles. The fraction of sp³-hybridized carbons (Fsp3) is 0.261. The summed E-state index contributed by atoms with van der Waals surface area (Å²) in [6.07, 6.45) is 5.06. The monoisotopic (exact) mass is 387 g/mol. The maximum atomic E-state index is 12.4. The third-order valence-corrected chi connectivity index (χ3v) is 5.34. The van der Waals surface area contributed by atoms with E-state index in [0.29, 0.717) is 5.92 Å². The molecule has 4 rings (SSSR count). The number of aromatic nitrogens is 2. The zero-order chi connectivity index (χ0) is 20.1. The van der Waals surface area contributed by atoms with Crippen LogP contribution in [0.25, 0.3) is 0 Å². The molecule has 6 nitrogen and oxygen atoms in total. The van der Waals surface area contributed by atoms with Crippen LogP contribution in [0.15, 0.2) is 67.0 Å². The van der Waals surface area contributed by atoms with Gasteiger partial charge in [0.25, 0.3) is 5.91 Å². The Kier molecular flexibility index (Phi) is 5.81. The number of piperidine rings is 1. The lowest BCUT2D eigenvalue weighted by Crippen LogP contribution is -2.32. The lowest BCUT2D eigenvalue weighted by molar-refractivity contribution is 0.102. The first-order valence-electron chi connectivity index (χ1n) is 9.92. The highest BCUT2D eigenvalue weighted by atomic mass is 16.1. The van der Waals surface area contributed by atoms with Crippen molar-refractivity contribution in [3.63, 3.8) is 0 Å². The Labute approximate surface area is 170 Å². The first kappa shape index (κ1) is 19.1. The summed E-state index contributed by atoms with van der Waals surface area (Å²) in [7, 11) is 0. The van der Waals surface area contributed by atoms with Crippen LogP contribution in [-0.4, -0.2) is 33.9 Å². The van der Waals surface area contributed by atoms with E-state index in [2.05, 4.69) is 62.6 Å². The lowest BCUT2D eigenvalue weighted by Gasteiger charge is -2.32. The molecule has 1 aliphatic heterocycles. The Morgan fingerprint density at radius 3 is 2.62 bits per heavy atom. The van der Waals surface area contributed by atoms with E-state index in [1.165, 1.54) is 23.5 Å². The Balaban J connectivity index is 1.36. The average Bonchev–Trinajstić information content (AvgIpc) is 2.75. The van der Waals surface area contributed by atoms with Gasteiger partial charge in [-0.2, -0.15) is 0 Å². The van der Waals surface area contributed by atoms with E-state index < -0.39 is 0 Å². The third kappa shape index (κ3) is 4.97. The largest absolute Gasteiger partial charge is 0.382 e. The summed E-state index contributed by atoms with van der Waals surface area (Å²) in [6.45, 7) is 3.16. The Morgan fingerprint density at radius 2 is 1.86 bits per heavy atom. The molecule has 29 heavy (non-hydrogen) atoms. The predicted octanol–water partition coefficient (Wildman–Crippen LogP) is 3.69. The molecule has 0 atom stereocenters. The van der Waals surface area contributed by atoms with Crippen molar-refractivity contribution in [1.29, 1.82) is 0 Å². The number of anilines is 2. The van der Waals surface area contributed by atoms with Crippen LogP contribution < -0.4 is 11.1 Å². The molecule has 148 valence electrons. The number of nitrogens with zero attached hydrogens (tertiary/aromatic N) is 3. The van der Waals surface area contributed by atoms with Gasteiger partial charge in [-0.3, -0.25) is 14.7 Å². The van der Waals surface area contributed by atoms with Crippen molar-refractivity contribution in [2.24, 2.45) is 0 Å². The van der Waals surface area contributed by atoms with Crippen LogP contribution in [-0.2, 0) is 6.54 Å². The van der Waals surface area contributed by atoms with Gasteiger partial charge in [0.05, 0.1) is 12.4 Å². The van der Waals surface area contributed by atoms with Crippen LogP contribution in [0.2, 0.25) is 0 Å². The van der Waals surface area contributed by atoms with Crippen molar-refractivity contribution in [3.05, 3.63) is 83.8 Å². The number of rotatable bonds is 5. The van der Waals surface area contributed by atoms with E-state index in [1.807, 2.05) is 12.1 Å². The molecule has 0 radical (unpaired) electrons. The number of nitrogen functional groups attached to an aromatic ring is 1. The topological polar surface area (TPSA) is 84.1 Å². The number of hydrogen-bond donors (Lipinski definition) is 2. The zero-order valence-electron chi connectivity index (χ0n) is 16.3. The highest BCUT2D eigenvalue weighted by Gasteiger charge is 2.21. The number of likely N-dealkylation sites (tertiary alicyclic amines) is 1. The molecule has 0 spiro atoms. The summed E-state index contributed by atoms with van der Waals surface area (Å²) >= 11 is 0. The average molecular weight is 387 g/mol. The lowest BCUT2D eigenvalue weighted by atomic mass is 9.89. The molecule has 1 aromatic heterocycles. The van der Waals surface area contributed by atoms with Crippen LogP contribution in [0.4, 0.5) is 11.5 Å². The summed E-state index contributed by atoms with van der Waals surface area (Å²) in [5.41, 5.74) is 9.22. The van der Waals surface area contributed by atoms with E-state index in [0.717, 1.165) is 38.2 Å². The van der Waals surface area contributed by atoms with Gasteiger partial charge in [-0.15, -0.1) is 0 Å². The molecule has 3 N–H and O–H groups in total. The molecular weight excluding hydrogens is 362 g/mol. The van der Waals surface area contributed by atoms with Gasteiger partial charge in [0.2, 0.25) is 0 Å². The SMILES string of the molecule is Nc1cncc(C(=O)Nc2cccc(C3CCN(Cc4ccccc4)CC3)c2)n1. The van der Waals surface area contributed by atoms with Crippen LogP contribution in [0.5, 0.6) is 0 Å². The van der Waals surface area contributed by atoms with E-state index in [-0.39, 0.29) is 17.4 Å². The van der Waals surface area contributed by atoms with Gasteiger partial charge in [-0.1, -0.05) is 42.5 Å². The number of benzene rings is 2. The van der Waals surface area contributed by atoms with Gasteiger partial charge in [0.15, 0.2) is 0 Å². The van der Waals surface area contributed by atoms with Gasteiger partial charge in [0, 0.05) is 12.2 Å².